The fraction of sp³-hybridized carbons (Fsp3) is 0.316. The van der Waals surface area contributed by atoms with Gasteiger partial charge >= 0.3 is 0 Å². The van der Waals surface area contributed by atoms with Crippen LogP contribution in [0.25, 0.3) is 0 Å². The monoisotopic (exact) mass is 716 g/mol. The number of methoxy groups -OCH3 is 1. The molecular weight excluding hydrogens is 676 g/mol. The molecular formula is C38H41FN4O7S. The third-order valence-corrected chi connectivity index (χ3v) is 10.9. The fourth-order valence-electron chi connectivity index (χ4n) is 6.24. The number of carbonyl (C=O) groups excluding carboxylic acids is 2. The van der Waals surface area contributed by atoms with Crippen molar-refractivity contribution in [2.75, 3.05) is 18.0 Å². The maximum Gasteiger partial charge on any atom is 0.273 e. The number of hydrogen-bond acceptors (Lipinski definition) is 7. The van der Waals surface area contributed by atoms with Crippen molar-refractivity contribution in [3.05, 3.63) is 130 Å². The SMILES string of the molecule is COc1ccc(N(CC(=O)N(Cc2ccc(F)cc2)[C@H](Cc2ccccc2)C(=O)NC2CCCCC2)S(=O)(=O)c2ccc(C)c([N+](=O)[O-])c2)cc1. The first kappa shape index (κ1) is 37.0. The summed E-state index contributed by atoms with van der Waals surface area (Å²) in [5.41, 5.74) is 1.29. The lowest BCUT2D eigenvalue weighted by Gasteiger charge is -2.35. The summed E-state index contributed by atoms with van der Waals surface area (Å²) < 4.78 is 48.8. The topological polar surface area (TPSA) is 139 Å². The van der Waals surface area contributed by atoms with Gasteiger partial charge in [-0.25, -0.2) is 12.8 Å². The highest BCUT2D eigenvalue weighted by Crippen LogP contribution is 2.30. The Morgan fingerprint density at radius 3 is 2.24 bits per heavy atom. The minimum atomic E-state index is -4.59. The van der Waals surface area contributed by atoms with Crippen LogP contribution in [-0.2, 0) is 32.6 Å². The number of ether oxygens (including phenoxy) is 1. The summed E-state index contributed by atoms with van der Waals surface area (Å²) in [7, 11) is -3.14. The normalized spacial score (nSPS) is 13.9. The average Bonchev–Trinajstić information content (AvgIpc) is 3.13. The quantitative estimate of drug-likeness (QED) is 0.119. The number of nitro benzene ring substituents is 1. The molecule has 4 aromatic carbocycles. The molecule has 268 valence electrons. The van der Waals surface area contributed by atoms with Gasteiger partial charge in [-0.2, -0.15) is 0 Å². The Balaban J connectivity index is 1.59. The van der Waals surface area contributed by atoms with Crippen molar-refractivity contribution in [1.29, 1.82) is 0 Å². The molecule has 0 aromatic heterocycles. The molecule has 1 aliphatic carbocycles. The lowest BCUT2D eigenvalue weighted by Crippen LogP contribution is -2.55. The largest absolute Gasteiger partial charge is 0.497 e. The van der Waals surface area contributed by atoms with Crippen LogP contribution in [0.2, 0.25) is 0 Å². The molecule has 2 amide bonds. The predicted octanol–water partition coefficient (Wildman–Crippen LogP) is 6.34. The highest BCUT2D eigenvalue weighted by atomic mass is 32.2. The Morgan fingerprint density at radius 2 is 1.61 bits per heavy atom. The number of nitrogens with zero attached hydrogens (tertiary/aromatic N) is 3. The third kappa shape index (κ3) is 9.28. The number of anilines is 1. The number of carbonyl (C=O) groups is 2. The number of halogens is 1. The van der Waals surface area contributed by atoms with Crippen molar-refractivity contribution >= 4 is 33.2 Å². The van der Waals surface area contributed by atoms with E-state index in [0.29, 0.717) is 11.3 Å². The van der Waals surface area contributed by atoms with Gasteiger partial charge in [0, 0.05) is 30.6 Å². The summed E-state index contributed by atoms with van der Waals surface area (Å²) in [6.45, 7) is 0.624. The molecule has 0 heterocycles. The van der Waals surface area contributed by atoms with Crippen LogP contribution in [0.1, 0.15) is 48.8 Å². The summed E-state index contributed by atoms with van der Waals surface area (Å²) >= 11 is 0. The number of aryl methyl sites for hydroxylation is 1. The van der Waals surface area contributed by atoms with E-state index in [9.17, 15) is 32.5 Å². The van der Waals surface area contributed by atoms with E-state index in [4.69, 9.17) is 4.74 Å². The number of benzene rings is 4. The molecule has 1 fully saturated rings. The van der Waals surface area contributed by atoms with E-state index in [1.807, 2.05) is 30.3 Å². The number of sulfonamides is 1. The van der Waals surface area contributed by atoms with Gasteiger partial charge in [0.2, 0.25) is 11.8 Å². The standard InChI is InChI=1S/C38H41FN4O7S/c1-27-13-22-34(24-35(27)43(46)47)51(48,49)42(32-18-20-33(50-2)21-19-32)26-37(44)41(25-29-14-16-30(39)17-15-29)36(23-28-9-5-3-6-10-28)38(45)40-31-11-7-4-8-12-31/h3,5-6,9-10,13-22,24,31,36H,4,7-8,11-12,23,25-26H2,1-2H3,(H,40,45)/t36-/m1/s1. The van der Waals surface area contributed by atoms with Crippen molar-refractivity contribution < 1.29 is 32.1 Å². The average molecular weight is 717 g/mol. The van der Waals surface area contributed by atoms with Crippen LogP contribution < -0.4 is 14.4 Å². The van der Waals surface area contributed by atoms with Crippen molar-refractivity contribution in [3.63, 3.8) is 0 Å². The van der Waals surface area contributed by atoms with Gasteiger partial charge in [0.25, 0.3) is 15.7 Å². The smallest absolute Gasteiger partial charge is 0.273 e. The van der Waals surface area contributed by atoms with Gasteiger partial charge in [-0.05, 0) is 73.4 Å². The van der Waals surface area contributed by atoms with Crippen molar-refractivity contribution in [1.82, 2.24) is 10.2 Å². The van der Waals surface area contributed by atoms with Crippen molar-refractivity contribution in [2.24, 2.45) is 0 Å². The maximum atomic E-state index is 14.7. The zero-order valence-corrected chi connectivity index (χ0v) is 29.4. The first-order valence-corrected chi connectivity index (χ1v) is 18.2. The zero-order chi connectivity index (χ0) is 36.5. The van der Waals surface area contributed by atoms with Crippen molar-refractivity contribution in [2.45, 2.75) is 69.0 Å². The Morgan fingerprint density at radius 1 is 0.941 bits per heavy atom. The number of hydrogen-bond donors (Lipinski definition) is 1. The molecule has 0 spiro atoms. The van der Waals surface area contributed by atoms with Gasteiger partial charge < -0.3 is 15.0 Å². The second kappa shape index (κ2) is 16.6. The molecule has 1 aliphatic rings. The Bertz CT molecular complexity index is 1940. The van der Waals surface area contributed by atoms with Crippen LogP contribution >= 0.6 is 0 Å². The second-order valence-corrected chi connectivity index (χ2v) is 14.5. The maximum absolute atomic E-state index is 14.7. The summed E-state index contributed by atoms with van der Waals surface area (Å²) in [6, 6.07) is 23.2. The van der Waals surface area contributed by atoms with E-state index >= 15 is 0 Å². The Kier molecular flexibility index (Phi) is 12.0. The molecule has 5 rings (SSSR count). The molecule has 0 aliphatic heterocycles. The Labute approximate surface area is 297 Å². The van der Waals surface area contributed by atoms with Crippen LogP contribution in [0.4, 0.5) is 15.8 Å². The number of amides is 2. The second-order valence-electron chi connectivity index (χ2n) is 12.6. The predicted molar refractivity (Wildman–Crippen MR) is 191 cm³/mol. The van der Waals surface area contributed by atoms with Crippen LogP contribution in [0, 0.1) is 22.9 Å². The Hall–Kier alpha value is -5.30. The lowest BCUT2D eigenvalue weighted by atomic mass is 9.94. The van der Waals surface area contributed by atoms with E-state index in [1.54, 1.807) is 0 Å². The number of nitro groups is 1. The minimum absolute atomic E-state index is 0.0687. The molecule has 11 nitrogen and oxygen atoms in total. The van der Waals surface area contributed by atoms with Gasteiger partial charge in [0.1, 0.15) is 24.2 Å². The van der Waals surface area contributed by atoms with E-state index < -0.39 is 44.9 Å². The van der Waals surface area contributed by atoms with Crippen LogP contribution in [-0.4, -0.2) is 55.8 Å². The van der Waals surface area contributed by atoms with Crippen molar-refractivity contribution in [3.8, 4) is 5.75 Å². The van der Waals surface area contributed by atoms with Crippen LogP contribution in [0.15, 0.2) is 102 Å². The molecule has 1 atom stereocenters. The molecule has 0 unspecified atom stereocenters. The number of rotatable bonds is 14. The van der Waals surface area contributed by atoms with Crippen LogP contribution in [0.3, 0.4) is 0 Å². The first-order valence-electron chi connectivity index (χ1n) is 16.8. The molecule has 13 heteroatoms. The molecule has 0 radical (unpaired) electrons. The summed E-state index contributed by atoms with van der Waals surface area (Å²) in [6.07, 6.45) is 4.76. The molecule has 1 saturated carbocycles. The fourth-order valence-corrected chi connectivity index (χ4v) is 7.67. The first-order chi connectivity index (χ1) is 24.5. The van der Waals surface area contributed by atoms with E-state index in [2.05, 4.69) is 5.32 Å². The molecule has 51 heavy (non-hydrogen) atoms. The molecule has 0 bridgehead atoms. The van der Waals surface area contributed by atoms with Gasteiger partial charge in [-0.1, -0.05) is 67.8 Å². The summed E-state index contributed by atoms with van der Waals surface area (Å²) in [4.78, 5) is 40.9. The minimum Gasteiger partial charge on any atom is -0.497 e. The zero-order valence-electron chi connectivity index (χ0n) is 28.5. The van der Waals surface area contributed by atoms with Gasteiger partial charge in [-0.3, -0.25) is 24.0 Å². The summed E-state index contributed by atoms with van der Waals surface area (Å²) in [5, 5.41) is 14.9. The molecule has 1 N–H and O–H groups in total. The van der Waals surface area contributed by atoms with E-state index in [-0.39, 0.29) is 41.1 Å². The molecule has 4 aromatic rings. The van der Waals surface area contributed by atoms with E-state index in [0.717, 1.165) is 48.0 Å². The van der Waals surface area contributed by atoms with Gasteiger partial charge in [0.05, 0.1) is 22.6 Å². The van der Waals surface area contributed by atoms with Crippen LogP contribution in [0.5, 0.6) is 5.75 Å². The lowest BCUT2D eigenvalue weighted by molar-refractivity contribution is -0.385. The highest BCUT2D eigenvalue weighted by Gasteiger charge is 2.36. The van der Waals surface area contributed by atoms with Gasteiger partial charge in [-0.15, -0.1) is 0 Å². The molecule has 0 saturated heterocycles. The number of nitrogens with one attached hydrogen (secondary N) is 1. The highest BCUT2D eigenvalue weighted by molar-refractivity contribution is 7.92. The van der Waals surface area contributed by atoms with E-state index in [1.165, 1.54) is 79.6 Å². The summed E-state index contributed by atoms with van der Waals surface area (Å²) in [5.74, 6) is -1.13. The van der Waals surface area contributed by atoms with Gasteiger partial charge in [0.15, 0.2) is 0 Å². The third-order valence-electron chi connectivity index (χ3n) is 9.09.